The Morgan fingerprint density at radius 2 is 0.627 bits per heavy atom. The van der Waals surface area contributed by atoms with E-state index in [9.17, 15) is 0 Å². The van der Waals surface area contributed by atoms with Gasteiger partial charge in [0.15, 0.2) is 0 Å². The Labute approximate surface area is 440 Å². The highest BCUT2D eigenvalue weighted by molar-refractivity contribution is 6.15. The molecule has 0 fully saturated rings. The molecule has 0 bridgehead atoms. The van der Waals surface area contributed by atoms with Gasteiger partial charge in [0.2, 0.25) is 0 Å². The van der Waals surface area contributed by atoms with Gasteiger partial charge >= 0.3 is 0 Å². The van der Waals surface area contributed by atoms with Crippen LogP contribution in [0.25, 0.3) is 121 Å². The summed E-state index contributed by atoms with van der Waals surface area (Å²) in [5, 5.41) is 9.88. The Kier molecular flexibility index (Phi) is 8.58. The number of hydrogen-bond acceptors (Lipinski definition) is 2. The van der Waals surface area contributed by atoms with Crippen LogP contribution in [0.5, 0.6) is 0 Å². The molecule has 2 heterocycles. The fourth-order valence-corrected chi connectivity index (χ4v) is 14.5. The fraction of sp³-hybridized carbons (Fsp3) is 0.233. The summed E-state index contributed by atoms with van der Waals surface area (Å²) < 4.78 is 13.3. The summed E-state index contributed by atoms with van der Waals surface area (Å²) in [6.07, 6.45) is 0. The Hall–Kier alpha value is -7.68. The first-order valence-electron chi connectivity index (χ1n) is 27.1. The van der Waals surface area contributed by atoms with Crippen LogP contribution in [0.2, 0.25) is 0 Å². The molecule has 366 valence electrons. The molecule has 3 aliphatic rings. The van der Waals surface area contributed by atoms with Gasteiger partial charge in [-0.1, -0.05) is 180 Å². The van der Waals surface area contributed by atoms with Crippen LogP contribution in [0.15, 0.2) is 167 Å². The van der Waals surface area contributed by atoms with E-state index in [1.54, 1.807) is 0 Å². The summed E-state index contributed by atoms with van der Waals surface area (Å²) in [7, 11) is 0. The molecule has 2 nitrogen and oxygen atoms in total. The van der Waals surface area contributed by atoms with Gasteiger partial charge in [-0.2, -0.15) is 0 Å². The Bertz CT molecular complexity index is 4270. The van der Waals surface area contributed by atoms with E-state index in [-0.39, 0.29) is 27.1 Å². The number of hydrogen-bond donors (Lipinski definition) is 0. The fourth-order valence-electron chi connectivity index (χ4n) is 14.5. The van der Waals surface area contributed by atoms with Crippen molar-refractivity contribution >= 4 is 65.4 Å². The van der Waals surface area contributed by atoms with Gasteiger partial charge in [-0.25, -0.2) is 0 Å². The summed E-state index contributed by atoms with van der Waals surface area (Å²) in [6.45, 7) is 28.3. The van der Waals surface area contributed by atoms with Gasteiger partial charge in [0.25, 0.3) is 0 Å². The molecule has 3 aliphatic carbocycles. The molecular formula is C73H62O2. The molecule has 0 atom stereocenters. The summed E-state index contributed by atoms with van der Waals surface area (Å²) in [4.78, 5) is 0. The number of fused-ring (bicyclic) bond motifs is 19. The van der Waals surface area contributed by atoms with Gasteiger partial charge < -0.3 is 8.83 Å². The number of rotatable bonds is 2. The smallest absolute Gasteiger partial charge is 0.139 e. The first kappa shape index (κ1) is 44.8. The third kappa shape index (κ3) is 5.86. The highest BCUT2D eigenvalue weighted by Crippen LogP contribution is 2.62. The molecule has 2 heteroatoms. The molecule has 0 unspecified atom stereocenters. The molecule has 0 N–H and O–H groups in total. The van der Waals surface area contributed by atoms with Crippen LogP contribution < -0.4 is 0 Å². The van der Waals surface area contributed by atoms with Gasteiger partial charge in [0.1, 0.15) is 22.3 Å². The van der Waals surface area contributed by atoms with E-state index in [0.717, 1.165) is 22.3 Å². The monoisotopic (exact) mass is 970 g/mol. The average Bonchev–Trinajstić information content (AvgIpc) is 4.13. The SMILES string of the molecule is CC(C)(C)c1cccc2c1oc1ccc(-c3cc4c(c5ccccc35)-c3cc5c(cc3C4(C)C)-c3cc4c(cc3C5(C)C)-c3c(cc(-c5ccc6oc7c(C(C)(C)C)cccc7c6c5)c5ccccc35)C4(C)C)cc12. The summed E-state index contributed by atoms with van der Waals surface area (Å²) in [6, 6.07) is 60.5. The van der Waals surface area contributed by atoms with Crippen molar-refractivity contribution in [3.8, 4) is 55.6 Å². The first-order valence-corrected chi connectivity index (χ1v) is 27.1. The van der Waals surface area contributed by atoms with Crippen molar-refractivity contribution in [3.05, 3.63) is 202 Å². The van der Waals surface area contributed by atoms with Crippen molar-refractivity contribution in [1.82, 2.24) is 0 Å². The predicted octanol–water partition coefficient (Wildman–Crippen LogP) is 20.6. The normalized spacial score (nSPS) is 15.8. The lowest BCUT2D eigenvalue weighted by atomic mass is 9.78. The van der Waals surface area contributed by atoms with Crippen molar-refractivity contribution in [1.29, 1.82) is 0 Å². The minimum absolute atomic E-state index is 0.0282. The van der Waals surface area contributed by atoms with E-state index in [4.69, 9.17) is 8.83 Å². The lowest BCUT2D eigenvalue weighted by Crippen LogP contribution is -2.17. The maximum Gasteiger partial charge on any atom is 0.139 e. The molecule has 75 heavy (non-hydrogen) atoms. The molecule has 2 aromatic heterocycles. The van der Waals surface area contributed by atoms with E-state index in [0.29, 0.717) is 0 Å². The van der Waals surface area contributed by atoms with E-state index < -0.39 is 0 Å². The lowest BCUT2D eigenvalue weighted by molar-refractivity contribution is 0.572. The van der Waals surface area contributed by atoms with Crippen molar-refractivity contribution in [3.63, 3.8) is 0 Å². The third-order valence-corrected chi connectivity index (χ3v) is 18.5. The molecule has 0 spiro atoms. The zero-order valence-electron chi connectivity index (χ0n) is 45.3. The van der Waals surface area contributed by atoms with Gasteiger partial charge in [-0.3, -0.25) is 0 Å². The van der Waals surface area contributed by atoms with Crippen molar-refractivity contribution < 1.29 is 8.83 Å². The molecule has 0 aliphatic heterocycles. The van der Waals surface area contributed by atoms with Crippen LogP contribution in [0, 0.1) is 0 Å². The quantitative estimate of drug-likeness (QED) is 0.173. The largest absolute Gasteiger partial charge is 0.456 e. The highest BCUT2D eigenvalue weighted by atomic mass is 16.3. The Morgan fingerprint density at radius 1 is 0.293 bits per heavy atom. The number of furan rings is 2. The lowest BCUT2D eigenvalue weighted by Gasteiger charge is -2.25. The third-order valence-electron chi connectivity index (χ3n) is 18.5. The van der Waals surface area contributed by atoms with Crippen LogP contribution >= 0.6 is 0 Å². The van der Waals surface area contributed by atoms with Crippen LogP contribution in [0.1, 0.15) is 128 Å². The minimum Gasteiger partial charge on any atom is -0.456 e. The van der Waals surface area contributed by atoms with E-state index in [2.05, 4.69) is 241 Å². The van der Waals surface area contributed by atoms with Gasteiger partial charge in [0.05, 0.1) is 0 Å². The summed E-state index contributed by atoms with van der Waals surface area (Å²) in [5.74, 6) is 0. The zero-order chi connectivity index (χ0) is 51.6. The van der Waals surface area contributed by atoms with E-state index in [1.807, 2.05) is 0 Å². The van der Waals surface area contributed by atoms with Crippen LogP contribution in [0.4, 0.5) is 0 Å². The van der Waals surface area contributed by atoms with E-state index >= 15 is 0 Å². The Morgan fingerprint density at radius 3 is 1.03 bits per heavy atom. The molecule has 10 aromatic carbocycles. The molecule has 15 rings (SSSR count). The predicted molar refractivity (Wildman–Crippen MR) is 317 cm³/mol. The maximum absolute atomic E-state index is 6.64. The molecule has 0 amide bonds. The molecule has 0 saturated heterocycles. The molecule has 12 aromatic rings. The van der Waals surface area contributed by atoms with E-state index in [1.165, 1.54) is 143 Å². The molecule has 0 saturated carbocycles. The summed E-state index contributed by atoms with van der Waals surface area (Å²) in [5.41, 5.74) is 27.2. The second-order valence-corrected chi connectivity index (χ2v) is 26.0. The van der Waals surface area contributed by atoms with Crippen molar-refractivity contribution in [2.45, 2.75) is 110 Å². The topological polar surface area (TPSA) is 26.3 Å². The van der Waals surface area contributed by atoms with Crippen LogP contribution in [0.3, 0.4) is 0 Å². The average molecular weight is 971 g/mol. The van der Waals surface area contributed by atoms with Gasteiger partial charge in [-0.05, 0) is 182 Å². The second-order valence-electron chi connectivity index (χ2n) is 26.0. The zero-order valence-corrected chi connectivity index (χ0v) is 45.3. The second kappa shape index (κ2) is 14.4. The molecule has 0 radical (unpaired) electrons. The standard InChI is InChI=1S/C73H62O2/c1-69(2,3)55-25-17-23-45-51-31-39(27-29-63(51)74-67(45)55)47-33-61-65(43-21-15-13-19-41(43)47)53-37-57-49(35-59(53)72(61,9)10)50-36-60-54(38-58(50)71(57,7)8)66-44-22-16-14-20-42(44)48(34-62(66)73(60,11)12)40-28-30-64-52(32-40)46-24-18-26-56(68(46)75-64)70(4,5)6/h13-38H,1-12H3. The van der Waals surface area contributed by atoms with Gasteiger partial charge in [0, 0.05) is 48.9 Å². The Balaban J connectivity index is 0.868. The van der Waals surface area contributed by atoms with Crippen LogP contribution in [-0.2, 0) is 27.1 Å². The van der Waals surface area contributed by atoms with Crippen molar-refractivity contribution in [2.24, 2.45) is 0 Å². The van der Waals surface area contributed by atoms with Gasteiger partial charge in [-0.15, -0.1) is 0 Å². The van der Waals surface area contributed by atoms with Crippen LogP contribution in [-0.4, -0.2) is 0 Å². The minimum atomic E-state index is -0.235. The van der Waals surface area contributed by atoms with Crippen molar-refractivity contribution in [2.75, 3.05) is 0 Å². The summed E-state index contributed by atoms with van der Waals surface area (Å²) >= 11 is 0. The number of para-hydroxylation sites is 2. The number of benzene rings is 10. The first-order chi connectivity index (χ1) is 35.7. The highest BCUT2D eigenvalue weighted by Gasteiger charge is 2.46. The maximum atomic E-state index is 6.64. The molecular weight excluding hydrogens is 909 g/mol.